The Hall–Kier alpha value is -1.20. The fraction of sp³-hybridized carbons (Fsp3) is 0.538. The van der Waals surface area contributed by atoms with Crippen molar-refractivity contribution < 1.29 is 9.26 Å². The van der Waals surface area contributed by atoms with Crippen molar-refractivity contribution in [3.05, 3.63) is 34.1 Å². The van der Waals surface area contributed by atoms with Gasteiger partial charge >= 0.3 is 0 Å². The molecule has 0 spiro atoms. The van der Waals surface area contributed by atoms with E-state index in [1.165, 1.54) is 4.88 Å². The van der Waals surface area contributed by atoms with Gasteiger partial charge in [0.1, 0.15) is 0 Å². The van der Waals surface area contributed by atoms with Gasteiger partial charge in [-0.05, 0) is 24.3 Å². The van der Waals surface area contributed by atoms with E-state index in [2.05, 4.69) is 34.6 Å². The van der Waals surface area contributed by atoms with Gasteiger partial charge in [-0.3, -0.25) is 0 Å². The highest BCUT2D eigenvalue weighted by atomic mass is 32.1. The Balaban J connectivity index is 1.68. The van der Waals surface area contributed by atoms with Crippen LogP contribution < -0.4 is 0 Å². The zero-order valence-corrected chi connectivity index (χ0v) is 11.2. The summed E-state index contributed by atoms with van der Waals surface area (Å²) < 4.78 is 10.7. The van der Waals surface area contributed by atoms with Crippen LogP contribution in [-0.4, -0.2) is 23.4 Å². The number of hydrogen-bond donors (Lipinski definition) is 0. The Morgan fingerprint density at radius 2 is 2.50 bits per heavy atom. The number of ether oxygens (including phenoxy) is 1. The Morgan fingerprint density at radius 3 is 3.22 bits per heavy atom. The van der Waals surface area contributed by atoms with Gasteiger partial charge in [0.15, 0.2) is 5.82 Å². The van der Waals surface area contributed by atoms with E-state index in [0.29, 0.717) is 5.92 Å². The van der Waals surface area contributed by atoms with E-state index in [9.17, 15) is 0 Å². The maximum absolute atomic E-state index is 5.38. The van der Waals surface area contributed by atoms with Gasteiger partial charge < -0.3 is 9.26 Å². The number of thiophene rings is 1. The summed E-state index contributed by atoms with van der Waals surface area (Å²) in [7, 11) is 0. The average Bonchev–Trinajstić information content (AvgIpc) is 3.11. The quantitative estimate of drug-likeness (QED) is 0.851. The molecule has 1 saturated heterocycles. The molecule has 5 heteroatoms. The molecule has 0 N–H and O–H groups in total. The number of hydrogen-bond acceptors (Lipinski definition) is 5. The summed E-state index contributed by atoms with van der Waals surface area (Å²) in [5.41, 5.74) is 0. The van der Waals surface area contributed by atoms with Gasteiger partial charge in [0, 0.05) is 23.3 Å². The monoisotopic (exact) mass is 264 g/mol. The van der Waals surface area contributed by atoms with Crippen LogP contribution in [0.1, 0.15) is 41.8 Å². The first-order valence-electron chi connectivity index (χ1n) is 6.26. The molecule has 2 aromatic heterocycles. The third-order valence-corrected chi connectivity index (χ3v) is 4.16. The maximum atomic E-state index is 5.38. The summed E-state index contributed by atoms with van der Waals surface area (Å²) in [5.74, 6) is 2.13. The van der Waals surface area contributed by atoms with Crippen molar-refractivity contribution in [2.75, 3.05) is 13.2 Å². The lowest BCUT2D eigenvalue weighted by Crippen LogP contribution is -2.01. The second-order valence-electron chi connectivity index (χ2n) is 4.74. The Bertz CT molecular complexity index is 489. The zero-order valence-electron chi connectivity index (χ0n) is 10.3. The Labute approximate surface area is 110 Å². The van der Waals surface area contributed by atoms with Crippen LogP contribution in [0.25, 0.3) is 0 Å². The van der Waals surface area contributed by atoms with Crippen LogP contribution in [0.15, 0.2) is 22.0 Å². The second kappa shape index (κ2) is 5.20. The molecular weight excluding hydrogens is 248 g/mol. The molecule has 0 saturated carbocycles. The molecule has 0 amide bonds. The predicted molar refractivity (Wildman–Crippen MR) is 68.9 cm³/mol. The molecule has 4 nitrogen and oxygen atoms in total. The van der Waals surface area contributed by atoms with Crippen molar-refractivity contribution in [3.63, 3.8) is 0 Å². The molecule has 3 rings (SSSR count). The lowest BCUT2D eigenvalue weighted by molar-refractivity contribution is 0.192. The highest BCUT2D eigenvalue weighted by molar-refractivity contribution is 7.09. The molecule has 2 unspecified atom stereocenters. The van der Waals surface area contributed by atoms with Gasteiger partial charge in [-0.15, -0.1) is 11.3 Å². The highest BCUT2D eigenvalue weighted by Gasteiger charge is 2.24. The first kappa shape index (κ1) is 11.9. The minimum atomic E-state index is 0.271. The molecule has 2 atom stereocenters. The highest BCUT2D eigenvalue weighted by Crippen LogP contribution is 2.26. The topological polar surface area (TPSA) is 48.2 Å². The van der Waals surface area contributed by atoms with Crippen LogP contribution >= 0.6 is 11.3 Å². The summed E-state index contributed by atoms with van der Waals surface area (Å²) in [4.78, 5) is 5.87. The van der Waals surface area contributed by atoms with Crippen molar-refractivity contribution >= 4 is 11.3 Å². The van der Waals surface area contributed by atoms with Crippen LogP contribution in [0.2, 0.25) is 0 Å². The first-order valence-corrected chi connectivity index (χ1v) is 7.14. The minimum Gasteiger partial charge on any atom is -0.381 e. The van der Waals surface area contributed by atoms with E-state index in [1.54, 1.807) is 11.3 Å². The fourth-order valence-electron chi connectivity index (χ4n) is 2.17. The lowest BCUT2D eigenvalue weighted by Gasteiger charge is -2.03. The third kappa shape index (κ3) is 2.47. The van der Waals surface area contributed by atoms with Gasteiger partial charge in [-0.2, -0.15) is 4.98 Å². The summed E-state index contributed by atoms with van der Waals surface area (Å²) >= 11 is 1.77. The van der Waals surface area contributed by atoms with E-state index in [1.807, 2.05) is 0 Å². The van der Waals surface area contributed by atoms with Crippen molar-refractivity contribution in [2.24, 2.45) is 0 Å². The molecule has 1 fully saturated rings. The van der Waals surface area contributed by atoms with Crippen LogP contribution in [0.4, 0.5) is 0 Å². The SMILES string of the molecule is CC(Cc1cccs1)c1nc(C2CCOC2)no1. The van der Waals surface area contributed by atoms with Crippen LogP contribution in [-0.2, 0) is 11.2 Å². The van der Waals surface area contributed by atoms with E-state index in [-0.39, 0.29) is 5.92 Å². The van der Waals surface area contributed by atoms with E-state index in [4.69, 9.17) is 9.26 Å². The fourth-order valence-corrected chi connectivity index (χ4v) is 3.00. The standard InChI is InChI=1S/C13H16N2O2S/c1-9(7-11-3-2-6-18-11)13-14-12(15-17-13)10-4-5-16-8-10/h2-3,6,9-10H,4-5,7-8H2,1H3. The molecule has 0 radical (unpaired) electrons. The molecule has 18 heavy (non-hydrogen) atoms. The molecule has 1 aliphatic heterocycles. The van der Waals surface area contributed by atoms with Crippen molar-refractivity contribution in [1.29, 1.82) is 0 Å². The Morgan fingerprint density at radius 1 is 1.56 bits per heavy atom. The molecule has 0 aromatic carbocycles. The van der Waals surface area contributed by atoms with E-state index < -0.39 is 0 Å². The molecule has 96 valence electrons. The zero-order chi connectivity index (χ0) is 12.4. The molecule has 0 aliphatic carbocycles. The molecular formula is C13H16N2O2S. The normalized spacial score (nSPS) is 21.3. The molecule has 2 aromatic rings. The van der Waals surface area contributed by atoms with Crippen LogP contribution in [0, 0.1) is 0 Å². The average molecular weight is 264 g/mol. The summed E-state index contributed by atoms with van der Waals surface area (Å²) in [6, 6.07) is 4.21. The third-order valence-electron chi connectivity index (χ3n) is 3.26. The number of nitrogens with zero attached hydrogens (tertiary/aromatic N) is 2. The van der Waals surface area contributed by atoms with Gasteiger partial charge in [-0.1, -0.05) is 18.1 Å². The summed E-state index contributed by atoms with van der Waals surface area (Å²) in [6.07, 6.45) is 1.96. The number of aromatic nitrogens is 2. The maximum Gasteiger partial charge on any atom is 0.229 e. The lowest BCUT2D eigenvalue weighted by atomic mass is 10.1. The molecule has 3 heterocycles. The van der Waals surface area contributed by atoms with Gasteiger partial charge in [-0.25, -0.2) is 0 Å². The minimum absolute atomic E-state index is 0.271. The largest absolute Gasteiger partial charge is 0.381 e. The smallest absolute Gasteiger partial charge is 0.229 e. The van der Waals surface area contributed by atoms with Gasteiger partial charge in [0.25, 0.3) is 0 Å². The van der Waals surface area contributed by atoms with E-state index >= 15 is 0 Å². The van der Waals surface area contributed by atoms with Gasteiger partial charge in [0.05, 0.1) is 6.61 Å². The first-order chi connectivity index (χ1) is 8.83. The second-order valence-corrected chi connectivity index (χ2v) is 5.77. The summed E-state index contributed by atoms with van der Waals surface area (Å²) in [6.45, 7) is 3.65. The summed E-state index contributed by atoms with van der Waals surface area (Å²) in [5, 5.41) is 6.18. The van der Waals surface area contributed by atoms with Crippen LogP contribution in [0.5, 0.6) is 0 Å². The predicted octanol–water partition coefficient (Wildman–Crippen LogP) is 2.98. The van der Waals surface area contributed by atoms with Crippen molar-refractivity contribution in [2.45, 2.75) is 31.6 Å². The van der Waals surface area contributed by atoms with Crippen molar-refractivity contribution in [1.82, 2.24) is 10.1 Å². The van der Waals surface area contributed by atoms with Crippen LogP contribution in [0.3, 0.4) is 0 Å². The Kier molecular flexibility index (Phi) is 3.43. The molecule has 1 aliphatic rings. The number of rotatable bonds is 4. The van der Waals surface area contributed by atoms with Gasteiger partial charge in [0.2, 0.25) is 5.89 Å². The van der Waals surface area contributed by atoms with Crippen molar-refractivity contribution in [3.8, 4) is 0 Å². The molecule has 0 bridgehead atoms. The van der Waals surface area contributed by atoms with E-state index in [0.717, 1.165) is 37.8 Å².